The normalized spacial score (nSPS) is 15.8. The van der Waals surface area contributed by atoms with Gasteiger partial charge in [-0.05, 0) is 79.4 Å². The monoisotopic (exact) mass is 554 g/mol. The summed E-state index contributed by atoms with van der Waals surface area (Å²) in [6.07, 6.45) is 6.98. The number of methoxy groups -OCH3 is 1. The van der Waals surface area contributed by atoms with E-state index in [4.69, 9.17) is 9.47 Å². The van der Waals surface area contributed by atoms with Crippen molar-refractivity contribution < 1.29 is 24.2 Å². The predicted molar refractivity (Wildman–Crippen MR) is 156 cm³/mol. The van der Waals surface area contributed by atoms with Crippen LogP contribution >= 0.6 is 0 Å². The van der Waals surface area contributed by atoms with Crippen LogP contribution in [0.3, 0.4) is 0 Å². The Kier molecular flexibility index (Phi) is 8.76. The van der Waals surface area contributed by atoms with Crippen LogP contribution in [-0.2, 0) is 16.1 Å². The zero-order valence-corrected chi connectivity index (χ0v) is 23.2. The Morgan fingerprint density at radius 3 is 2.41 bits per heavy atom. The van der Waals surface area contributed by atoms with E-state index in [-0.39, 0.29) is 17.7 Å². The summed E-state index contributed by atoms with van der Waals surface area (Å²) in [6, 6.07) is 21.1. The molecule has 9 nitrogen and oxygen atoms in total. The second kappa shape index (κ2) is 12.8. The lowest BCUT2D eigenvalue weighted by atomic mass is 10.0. The molecule has 2 heterocycles. The first-order valence-corrected chi connectivity index (χ1v) is 13.6. The molecule has 0 saturated carbocycles. The average molecular weight is 555 g/mol. The molecule has 1 fully saturated rings. The number of aromatic carboxylic acids is 1. The summed E-state index contributed by atoms with van der Waals surface area (Å²) >= 11 is 0. The minimum atomic E-state index is -1.01. The largest absolute Gasteiger partial charge is 0.497 e. The molecule has 0 radical (unpaired) electrons. The topological polar surface area (TPSA) is 106 Å². The van der Waals surface area contributed by atoms with Gasteiger partial charge in [-0.2, -0.15) is 5.10 Å². The summed E-state index contributed by atoms with van der Waals surface area (Å²) in [6.45, 7) is 1.25. The molecule has 1 saturated heterocycles. The van der Waals surface area contributed by atoms with Crippen molar-refractivity contribution in [3.8, 4) is 16.9 Å². The number of nitrogens with one attached hydrogen (secondary N) is 1. The maximum Gasteiger partial charge on any atom is 0.335 e. The van der Waals surface area contributed by atoms with Gasteiger partial charge < -0.3 is 19.9 Å². The van der Waals surface area contributed by atoms with Crippen LogP contribution in [0.15, 0.2) is 85.2 Å². The van der Waals surface area contributed by atoms with Crippen molar-refractivity contribution in [2.45, 2.75) is 38.1 Å². The average Bonchev–Trinajstić information content (AvgIpc) is 3.49. The van der Waals surface area contributed by atoms with Gasteiger partial charge in [-0.3, -0.25) is 9.69 Å². The molecule has 0 aliphatic carbocycles. The molecule has 1 amide bonds. The molecular weight excluding hydrogens is 520 g/mol. The van der Waals surface area contributed by atoms with E-state index in [1.165, 1.54) is 12.1 Å². The Hall–Kier alpha value is -4.47. The molecule has 0 spiro atoms. The van der Waals surface area contributed by atoms with Crippen molar-refractivity contribution >= 4 is 17.6 Å². The number of carboxylic acid groups (broad SMARTS) is 1. The van der Waals surface area contributed by atoms with Crippen molar-refractivity contribution in [2.24, 2.45) is 0 Å². The summed E-state index contributed by atoms with van der Waals surface area (Å²) < 4.78 is 13.0. The van der Waals surface area contributed by atoms with E-state index < -0.39 is 12.0 Å². The Bertz CT molecular complexity index is 1460. The van der Waals surface area contributed by atoms with Gasteiger partial charge in [-0.1, -0.05) is 36.4 Å². The molecule has 2 unspecified atom stereocenters. The summed E-state index contributed by atoms with van der Waals surface area (Å²) in [7, 11) is 3.49. The van der Waals surface area contributed by atoms with Crippen LogP contribution in [0.2, 0.25) is 0 Å². The van der Waals surface area contributed by atoms with E-state index in [1.54, 1.807) is 19.2 Å². The summed E-state index contributed by atoms with van der Waals surface area (Å²) in [5, 5.41) is 16.9. The van der Waals surface area contributed by atoms with Crippen LogP contribution in [0.1, 0.15) is 53.0 Å². The zero-order chi connectivity index (χ0) is 28.8. The first-order chi connectivity index (χ1) is 19.9. The number of nitrogens with zero attached hydrogens (tertiary/aromatic N) is 3. The summed E-state index contributed by atoms with van der Waals surface area (Å²) in [5.74, 6) is -0.479. The van der Waals surface area contributed by atoms with Gasteiger partial charge in [0.05, 0.1) is 18.9 Å². The lowest BCUT2D eigenvalue weighted by Gasteiger charge is -2.28. The minimum absolute atomic E-state index is 0.0209. The molecular formula is C32H34N4O5. The van der Waals surface area contributed by atoms with Crippen molar-refractivity contribution in [1.29, 1.82) is 0 Å². The molecule has 0 bridgehead atoms. The lowest BCUT2D eigenvalue weighted by molar-refractivity contribution is -0.121. The van der Waals surface area contributed by atoms with Crippen LogP contribution in [-0.4, -0.2) is 52.4 Å². The number of likely N-dealkylation sites (N-methyl/N-ethyl adjacent to an activating group) is 1. The zero-order valence-electron chi connectivity index (χ0n) is 23.2. The van der Waals surface area contributed by atoms with Crippen LogP contribution in [0.25, 0.3) is 11.1 Å². The third kappa shape index (κ3) is 6.82. The van der Waals surface area contributed by atoms with Crippen LogP contribution < -0.4 is 10.1 Å². The van der Waals surface area contributed by atoms with Crippen molar-refractivity contribution in [1.82, 2.24) is 14.7 Å². The van der Waals surface area contributed by atoms with Gasteiger partial charge in [0.2, 0.25) is 5.91 Å². The maximum atomic E-state index is 13.7. The second-order valence-corrected chi connectivity index (χ2v) is 10.2. The van der Waals surface area contributed by atoms with E-state index in [1.807, 2.05) is 77.6 Å². The predicted octanol–water partition coefficient (Wildman–Crippen LogP) is 5.77. The van der Waals surface area contributed by atoms with E-state index in [2.05, 4.69) is 10.4 Å². The SMILES string of the molecule is COc1ccc(CN(C)C(C(=O)Nc2ccc(-c3cnn(C4CCCCO4)c3)cc2)c2ccc(C(=O)O)cc2)cc1. The quantitative estimate of drug-likeness (QED) is 0.256. The lowest BCUT2D eigenvalue weighted by Crippen LogP contribution is -2.34. The number of anilines is 1. The second-order valence-electron chi connectivity index (χ2n) is 10.2. The minimum Gasteiger partial charge on any atom is -0.497 e. The fraction of sp³-hybridized carbons (Fsp3) is 0.281. The number of ether oxygens (including phenoxy) is 2. The van der Waals surface area contributed by atoms with E-state index >= 15 is 0 Å². The molecule has 1 aliphatic heterocycles. The number of carboxylic acids is 1. The fourth-order valence-corrected chi connectivity index (χ4v) is 5.06. The number of aromatic nitrogens is 2. The van der Waals surface area contributed by atoms with Crippen molar-refractivity contribution in [3.05, 3.63) is 102 Å². The van der Waals surface area contributed by atoms with Gasteiger partial charge in [-0.25, -0.2) is 9.48 Å². The van der Waals surface area contributed by atoms with Crippen LogP contribution in [0.4, 0.5) is 5.69 Å². The Labute approximate surface area is 239 Å². The number of hydrogen-bond acceptors (Lipinski definition) is 6. The Morgan fingerprint density at radius 1 is 1.05 bits per heavy atom. The molecule has 2 N–H and O–H groups in total. The van der Waals surface area contributed by atoms with Gasteiger partial charge in [0, 0.05) is 30.6 Å². The molecule has 3 aromatic carbocycles. The van der Waals surface area contributed by atoms with E-state index in [0.29, 0.717) is 17.8 Å². The number of rotatable bonds is 10. The van der Waals surface area contributed by atoms with Gasteiger partial charge in [0.15, 0.2) is 0 Å². The van der Waals surface area contributed by atoms with Crippen LogP contribution in [0, 0.1) is 0 Å². The van der Waals surface area contributed by atoms with Gasteiger partial charge in [0.25, 0.3) is 0 Å². The van der Waals surface area contributed by atoms with Gasteiger partial charge >= 0.3 is 5.97 Å². The highest BCUT2D eigenvalue weighted by Gasteiger charge is 2.26. The summed E-state index contributed by atoms with van der Waals surface area (Å²) in [4.78, 5) is 27.0. The molecule has 1 aromatic heterocycles. The van der Waals surface area contributed by atoms with Crippen LogP contribution in [0.5, 0.6) is 5.75 Å². The highest BCUT2D eigenvalue weighted by molar-refractivity contribution is 5.96. The highest BCUT2D eigenvalue weighted by Crippen LogP contribution is 2.28. The van der Waals surface area contributed by atoms with E-state index in [9.17, 15) is 14.7 Å². The summed E-state index contributed by atoms with van der Waals surface area (Å²) in [5.41, 5.74) is 4.50. The molecule has 2 atom stereocenters. The van der Waals surface area contributed by atoms with Crippen molar-refractivity contribution in [3.63, 3.8) is 0 Å². The molecule has 4 aromatic rings. The third-order valence-electron chi connectivity index (χ3n) is 7.29. The number of carbonyl (C=O) groups is 2. The number of amides is 1. The number of hydrogen-bond donors (Lipinski definition) is 2. The standard InChI is InChI=1S/C32H34N4O5/c1-35(20-22-6-16-28(40-2)17-7-22)30(24-8-10-25(11-9-24)32(38)39)31(37)34-27-14-12-23(13-15-27)26-19-33-36(21-26)29-5-3-4-18-41-29/h6-17,19,21,29-30H,3-5,18,20H2,1-2H3,(H,34,37)(H,38,39). The molecule has 5 rings (SSSR count). The smallest absolute Gasteiger partial charge is 0.335 e. The highest BCUT2D eigenvalue weighted by atomic mass is 16.5. The first-order valence-electron chi connectivity index (χ1n) is 13.6. The van der Waals surface area contributed by atoms with Gasteiger partial charge in [-0.15, -0.1) is 0 Å². The molecule has 41 heavy (non-hydrogen) atoms. The molecule has 9 heteroatoms. The Balaban J connectivity index is 1.32. The molecule has 1 aliphatic rings. The third-order valence-corrected chi connectivity index (χ3v) is 7.29. The number of carbonyl (C=O) groups excluding carboxylic acids is 1. The van der Waals surface area contributed by atoms with Gasteiger partial charge in [0.1, 0.15) is 18.0 Å². The Morgan fingerprint density at radius 2 is 1.78 bits per heavy atom. The first kappa shape index (κ1) is 28.1. The molecule has 212 valence electrons. The fourth-order valence-electron chi connectivity index (χ4n) is 5.06. The van der Waals surface area contributed by atoms with E-state index in [0.717, 1.165) is 48.3 Å². The number of benzene rings is 3. The maximum absolute atomic E-state index is 13.7. The van der Waals surface area contributed by atoms with Crippen molar-refractivity contribution in [2.75, 3.05) is 26.1 Å².